The summed E-state index contributed by atoms with van der Waals surface area (Å²) in [7, 11) is 0. The summed E-state index contributed by atoms with van der Waals surface area (Å²) in [6.07, 6.45) is 3.73. The molecule has 20 heavy (non-hydrogen) atoms. The number of rotatable bonds is 9. The first kappa shape index (κ1) is 16.7. The minimum absolute atomic E-state index is 0.144. The first-order valence-electron chi connectivity index (χ1n) is 7.67. The lowest BCUT2D eigenvalue weighted by molar-refractivity contribution is -0.121. The Kier molecular flexibility index (Phi) is 7.97. The lowest BCUT2D eigenvalue weighted by Gasteiger charge is -2.14. The standard InChI is InChI=1S/C17H28N2O/c1-4-11-19-17(20)10-12-18-15(3)8-9-16-7-5-6-14(2)13-16/h5-7,13,15,18H,4,8-12H2,1-3H3,(H,19,20). The van der Waals surface area contributed by atoms with E-state index >= 15 is 0 Å². The van der Waals surface area contributed by atoms with Gasteiger partial charge in [-0.1, -0.05) is 36.8 Å². The molecular formula is C17H28N2O. The van der Waals surface area contributed by atoms with E-state index in [-0.39, 0.29) is 5.91 Å². The van der Waals surface area contributed by atoms with Crippen molar-refractivity contribution >= 4 is 5.91 Å². The third-order valence-electron chi connectivity index (χ3n) is 3.37. The van der Waals surface area contributed by atoms with Crippen molar-refractivity contribution in [2.24, 2.45) is 0 Å². The van der Waals surface area contributed by atoms with Gasteiger partial charge in [0, 0.05) is 25.6 Å². The summed E-state index contributed by atoms with van der Waals surface area (Å²) in [6, 6.07) is 9.10. The number of aryl methyl sites for hydroxylation is 2. The van der Waals surface area contributed by atoms with Crippen molar-refractivity contribution in [3.05, 3.63) is 35.4 Å². The number of benzene rings is 1. The van der Waals surface area contributed by atoms with E-state index in [1.807, 2.05) is 0 Å². The van der Waals surface area contributed by atoms with Crippen molar-refractivity contribution < 1.29 is 4.79 Å². The van der Waals surface area contributed by atoms with Crippen LogP contribution in [-0.2, 0) is 11.2 Å². The minimum Gasteiger partial charge on any atom is -0.356 e. The minimum atomic E-state index is 0.144. The Hall–Kier alpha value is -1.35. The number of carbonyl (C=O) groups excluding carboxylic acids is 1. The van der Waals surface area contributed by atoms with Crippen molar-refractivity contribution in [3.63, 3.8) is 0 Å². The molecule has 0 saturated heterocycles. The normalized spacial score (nSPS) is 12.2. The molecule has 112 valence electrons. The molecule has 0 saturated carbocycles. The van der Waals surface area contributed by atoms with E-state index in [4.69, 9.17) is 0 Å². The van der Waals surface area contributed by atoms with E-state index in [0.717, 1.165) is 32.4 Å². The smallest absolute Gasteiger partial charge is 0.221 e. The first-order chi connectivity index (χ1) is 9.61. The summed E-state index contributed by atoms with van der Waals surface area (Å²) in [4.78, 5) is 11.4. The van der Waals surface area contributed by atoms with Gasteiger partial charge in [0.1, 0.15) is 0 Å². The average Bonchev–Trinajstić information content (AvgIpc) is 2.43. The van der Waals surface area contributed by atoms with Gasteiger partial charge in [-0.3, -0.25) is 4.79 Å². The van der Waals surface area contributed by atoms with Gasteiger partial charge in [0.25, 0.3) is 0 Å². The van der Waals surface area contributed by atoms with E-state index in [2.05, 4.69) is 55.7 Å². The molecule has 0 bridgehead atoms. The number of amides is 1. The van der Waals surface area contributed by atoms with Crippen LogP contribution in [0.15, 0.2) is 24.3 Å². The summed E-state index contributed by atoms with van der Waals surface area (Å²) in [5, 5.41) is 6.31. The molecule has 0 radical (unpaired) electrons. The number of carbonyl (C=O) groups is 1. The Morgan fingerprint density at radius 3 is 2.80 bits per heavy atom. The molecule has 0 aliphatic rings. The highest BCUT2D eigenvalue weighted by atomic mass is 16.1. The van der Waals surface area contributed by atoms with Gasteiger partial charge < -0.3 is 10.6 Å². The predicted molar refractivity (Wildman–Crippen MR) is 84.9 cm³/mol. The Morgan fingerprint density at radius 1 is 1.30 bits per heavy atom. The molecule has 3 nitrogen and oxygen atoms in total. The molecule has 0 fully saturated rings. The van der Waals surface area contributed by atoms with Gasteiger partial charge in [0.15, 0.2) is 0 Å². The molecule has 3 heteroatoms. The lowest BCUT2D eigenvalue weighted by atomic mass is 10.0. The summed E-state index contributed by atoms with van der Waals surface area (Å²) >= 11 is 0. The molecule has 1 atom stereocenters. The fourth-order valence-electron chi connectivity index (χ4n) is 2.14. The average molecular weight is 276 g/mol. The van der Waals surface area contributed by atoms with Crippen LogP contribution in [0.2, 0.25) is 0 Å². The van der Waals surface area contributed by atoms with Crippen LogP contribution < -0.4 is 10.6 Å². The summed E-state index contributed by atoms with van der Waals surface area (Å²) in [5.74, 6) is 0.144. The molecule has 0 aliphatic heterocycles. The molecule has 1 aromatic rings. The maximum Gasteiger partial charge on any atom is 0.221 e. The third kappa shape index (κ3) is 7.29. The second kappa shape index (κ2) is 9.54. The van der Waals surface area contributed by atoms with Gasteiger partial charge in [-0.2, -0.15) is 0 Å². The second-order valence-corrected chi connectivity index (χ2v) is 5.48. The van der Waals surface area contributed by atoms with E-state index in [9.17, 15) is 4.79 Å². The summed E-state index contributed by atoms with van der Waals surface area (Å²) in [5.41, 5.74) is 2.70. The Labute approximate surface area is 123 Å². The highest BCUT2D eigenvalue weighted by molar-refractivity contribution is 5.75. The van der Waals surface area contributed by atoms with Gasteiger partial charge in [-0.15, -0.1) is 0 Å². The van der Waals surface area contributed by atoms with E-state index in [1.54, 1.807) is 0 Å². The zero-order valence-electron chi connectivity index (χ0n) is 13.0. The Balaban J connectivity index is 2.14. The second-order valence-electron chi connectivity index (χ2n) is 5.48. The van der Waals surface area contributed by atoms with Crippen LogP contribution >= 0.6 is 0 Å². The van der Waals surface area contributed by atoms with Crippen LogP contribution in [0, 0.1) is 6.92 Å². The van der Waals surface area contributed by atoms with Gasteiger partial charge >= 0.3 is 0 Å². The van der Waals surface area contributed by atoms with Crippen LogP contribution in [0.3, 0.4) is 0 Å². The zero-order valence-corrected chi connectivity index (χ0v) is 13.0. The Morgan fingerprint density at radius 2 is 2.10 bits per heavy atom. The van der Waals surface area contributed by atoms with Crippen LogP contribution in [0.1, 0.15) is 44.2 Å². The summed E-state index contributed by atoms with van der Waals surface area (Å²) < 4.78 is 0. The maximum atomic E-state index is 11.4. The molecule has 0 spiro atoms. The van der Waals surface area contributed by atoms with Gasteiger partial charge in [-0.05, 0) is 38.7 Å². The lowest BCUT2D eigenvalue weighted by Crippen LogP contribution is -2.32. The van der Waals surface area contributed by atoms with Crippen LogP contribution in [0.4, 0.5) is 0 Å². The fourth-order valence-corrected chi connectivity index (χ4v) is 2.14. The molecule has 0 aliphatic carbocycles. The third-order valence-corrected chi connectivity index (χ3v) is 3.37. The van der Waals surface area contributed by atoms with Crippen LogP contribution in [-0.4, -0.2) is 25.0 Å². The van der Waals surface area contributed by atoms with E-state index < -0.39 is 0 Å². The van der Waals surface area contributed by atoms with Gasteiger partial charge in [0.2, 0.25) is 5.91 Å². The predicted octanol–water partition coefficient (Wildman–Crippen LogP) is 2.82. The molecule has 1 amide bonds. The van der Waals surface area contributed by atoms with E-state index in [0.29, 0.717) is 12.5 Å². The molecule has 2 N–H and O–H groups in total. The van der Waals surface area contributed by atoms with Crippen molar-refractivity contribution in [1.29, 1.82) is 0 Å². The molecule has 1 unspecified atom stereocenters. The summed E-state index contributed by atoms with van der Waals surface area (Å²) in [6.45, 7) is 7.90. The topological polar surface area (TPSA) is 41.1 Å². The monoisotopic (exact) mass is 276 g/mol. The number of nitrogens with one attached hydrogen (secondary N) is 2. The molecule has 0 heterocycles. The van der Waals surface area contributed by atoms with Crippen molar-refractivity contribution in [2.75, 3.05) is 13.1 Å². The molecule has 0 aromatic heterocycles. The fraction of sp³-hybridized carbons (Fsp3) is 0.588. The van der Waals surface area contributed by atoms with Crippen molar-refractivity contribution in [3.8, 4) is 0 Å². The Bertz CT molecular complexity index is 404. The maximum absolute atomic E-state index is 11.4. The van der Waals surface area contributed by atoms with Gasteiger partial charge in [-0.25, -0.2) is 0 Å². The highest BCUT2D eigenvalue weighted by Crippen LogP contribution is 2.08. The molecule has 1 aromatic carbocycles. The number of hydrogen-bond acceptors (Lipinski definition) is 2. The van der Waals surface area contributed by atoms with Crippen molar-refractivity contribution in [2.45, 2.75) is 52.5 Å². The number of hydrogen-bond donors (Lipinski definition) is 2. The van der Waals surface area contributed by atoms with Crippen LogP contribution in [0.25, 0.3) is 0 Å². The van der Waals surface area contributed by atoms with Crippen LogP contribution in [0.5, 0.6) is 0 Å². The quantitative estimate of drug-likeness (QED) is 0.728. The molecule has 1 rings (SSSR count). The first-order valence-corrected chi connectivity index (χ1v) is 7.67. The van der Waals surface area contributed by atoms with Gasteiger partial charge in [0.05, 0.1) is 0 Å². The van der Waals surface area contributed by atoms with Crippen molar-refractivity contribution in [1.82, 2.24) is 10.6 Å². The van der Waals surface area contributed by atoms with E-state index in [1.165, 1.54) is 11.1 Å². The highest BCUT2D eigenvalue weighted by Gasteiger charge is 2.04. The largest absolute Gasteiger partial charge is 0.356 e. The molecular weight excluding hydrogens is 248 g/mol. The SMILES string of the molecule is CCCNC(=O)CCNC(C)CCc1cccc(C)c1. The zero-order chi connectivity index (χ0) is 14.8.